The van der Waals surface area contributed by atoms with Gasteiger partial charge in [-0.05, 0) is 6.92 Å². The van der Waals surface area contributed by atoms with Gasteiger partial charge in [-0.1, -0.05) is 0 Å². The molecular formula is C7H8O5. The standard InChI is InChI=1S/C7H8O5/c1-4(8)5(2-6(9)10)3-7(11)12/h2H,3H2,1H3,(H,9,10)(H,11,12)/b5-2+. The van der Waals surface area contributed by atoms with Crippen molar-refractivity contribution >= 4 is 17.7 Å². The number of hydrogen-bond donors (Lipinski definition) is 2. The Bertz CT molecular complexity index is 251. The Balaban J connectivity index is 4.55. The van der Waals surface area contributed by atoms with Crippen LogP contribution in [0.4, 0.5) is 0 Å². The number of rotatable bonds is 4. The van der Waals surface area contributed by atoms with Gasteiger partial charge in [0, 0.05) is 11.6 Å². The monoisotopic (exact) mass is 172 g/mol. The minimum absolute atomic E-state index is 0.213. The quantitative estimate of drug-likeness (QED) is 0.585. The molecule has 0 bridgehead atoms. The van der Waals surface area contributed by atoms with Crippen LogP contribution in [-0.2, 0) is 14.4 Å². The molecule has 0 aromatic heterocycles. The smallest absolute Gasteiger partial charge is 0.328 e. The number of carbonyl (C=O) groups is 3. The minimum atomic E-state index is -1.32. The Hall–Kier alpha value is -1.65. The lowest BCUT2D eigenvalue weighted by Crippen LogP contribution is -2.06. The topological polar surface area (TPSA) is 91.7 Å². The summed E-state index contributed by atoms with van der Waals surface area (Å²) < 4.78 is 0. The number of hydrogen-bond acceptors (Lipinski definition) is 3. The highest BCUT2D eigenvalue weighted by Crippen LogP contribution is 2.02. The molecule has 0 rings (SSSR count). The Kier molecular flexibility index (Phi) is 3.69. The lowest BCUT2D eigenvalue weighted by atomic mass is 10.1. The minimum Gasteiger partial charge on any atom is -0.481 e. The fourth-order valence-corrected chi connectivity index (χ4v) is 0.589. The van der Waals surface area contributed by atoms with E-state index in [1.54, 1.807) is 0 Å². The van der Waals surface area contributed by atoms with Gasteiger partial charge in [0.2, 0.25) is 0 Å². The van der Waals surface area contributed by atoms with Gasteiger partial charge < -0.3 is 10.2 Å². The molecule has 0 spiro atoms. The van der Waals surface area contributed by atoms with Gasteiger partial charge >= 0.3 is 11.9 Å². The largest absolute Gasteiger partial charge is 0.481 e. The second-order valence-corrected chi connectivity index (χ2v) is 2.13. The zero-order valence-electron chi connectivity index (χ0n) is 6.40. The van der Waals surface area contributed by atoms with Gasteiger partial charge in [0.05, 0.1) is 6.42 Å². The first-order valence-electron chi connectivity index (χ1n) is 3.09. The normalized spacial score (nSPS) is 10.9. The summed E-state index contributed by atoms with van der Waals surface area (Å²) in [5.41, 5.74) is -0.213. The summed E-state index contributed by atoms with van der Waals surface area (Å²) in [5.74, 6) is -3.08. The summed E-state index contributed by atoms with van der Waals surface area (Å²) in [6.45, 7) is 1.12. The number of Topliss-reactive ketones (excluding diaryl/α,β-unsaturated/α-hetero) is 1. The van der Waals surface area contributed by atoms with E-state index in [1.807, 2.05) is 0 Å². The second-order valence-electron chi connectivity index (χ2n) is 2.13. The molecule has 0 aliphatic heterocycles. The molecule has 12 heavy (non-hydrogen) atoms. The molecule has 5 heteroatoms. The molecule has 0 unspecified atom stereocenters. The molecule has 0 heterocycles. The summed E-state index contributed by atoms with van der Waals surface area (Å²) >= 11 is 0. The summed E-state index contributed by atoms with van der Waals surface area (Å²) in [6, 6.07) is 0. The lowest BCUT2D eigenvalue weighted by Gasteiger charge is -1.96. The van der Waals surface area contributed by atoms with Crippen LogP contribution in [0.25, 0.3) is 0 Å². The van der Waals surface area contributed by atoms with Crippen LogP contribution in [0.2, 0.25) is 0 Å². The molecule has 0 aliphatic carbocycles. The SMILES string of the molecule is CC(=O)/C(=C/C(=O)O)CC(=O)O. The molecule has 0 radical (unpaired) electrons. The highest BCUT2D eigenvalue weighted by atomic mass is 16.4. The maximum Gasteiger partial charge on any atom is 0.328 e. The van der Waals surface area contributed by atoms with Crippen LogP contribution < -0.4 is 0 Å². The van der Waals surface area contributed by atoms with Crippen molar-refractivity contribution in [3.63, 3.8) is 0 Å². The summed E-state index contributed by atoms with van der Waals surface area (Å²) in [6.07, 6.45) is 0.0537. The number of carboxylic acids is 2. The van der Waals surface area contributed by atoms with Crippen molar-refractivity contribution in [2.24, 2.45) is 0 Å². The molecular weight excluding hydrogens is 164 g/mol. The number of aliphatic carboxylic acids is 2. The second kappa shape index (κ2) is 4.27. The van der Waals surface area contributed by atoms with Crippen molar-refractivity contribution in [3.05, 3.63) is 11.6 Å². The molecule has 2 N–H and O–H groups in total. The summed E-state index contributed by atoms with van der Waals surface area (Å²) in [7, 11) is 0. The molecule has 5 nitrogen and oxygen atoms in total. The summed E-state index contributed by atoms with van der Waals surface area (Å²) in [4.78, 5) is 30.8. The van der Waals surface area contributed by atoms with Gasteiger partial charge in [0.1, 0.15) is 0 Å². The van der Waals surface area contributed by atoms with Crippen LogP contribution in [0, 0.1) is 0 Å². The van der Waals surface area contributed by atoms with E-state index in [0.29, 0.717) is 6.08 Å². The number of carboxylic acid groups (broad SMARTS) is 2. The van der Waals surface area contributed by atoms with E-state index in [2.05, 4.69) is 0 Å². The van der Waals surface area contributed by atoms with Gasteiger partial charge in [0.15, 0.2) is 5.78 Å². The molecule has 0 fully saturated rings. The fourth-order valence-electron chi connectivity index (χ4n) is 0.589. The third kappa shape index (κ3) is 4.21. The molecule has 0 saturated carbocycles. The van der Waals surface area contributed by atoms with E-state index in [9.17, 15) is 14.4 Å². The number of ketones is 1. The molecule has 0 aromatic carbocycles. The Morgan fingerprint density at radius 1 is 1.25 bits per heavy atom. The third-order valence-electron chi connectivity index (χ3n) is 1.09. The maximum atomic E-state index is 10.6. The molecule has 0 saturated heterocycles. The van der Waals surface area contributed by atoms with E-state index >= 15 is 0 Å². The first-order chi connectivity index (χ1) is 5.43. The Morgan fingerprint density at radius 3 is 2.00 bits per heavy atom. The fraction of sp³-hybridized carbons (Fsp3) is 0.286. The van der Waals surface area contributed by atoms with E-state index in [4.69, 9.17) is 10.2 Å². The van der Waals surface area contributed by atoms with Gasteiger partial charge in [-0.25, -0.2) is 4.79 Å². The molecule has 0 aliphatic rings. The van der Waals surface area contributed by atoms with Crippen LogP contribution in [0.15, 0.2) is 11.6 Å². The first-order valence-corrected chi connectivity index (χ1v) is 3.09. The number of carbonyl (C=O) groups excluding carboxylic acids is 1. The van der Waals surface area contributed by atoms with Crippen LogP contribution in [0.1, 0.15) is 13.3 Å². The Morgan fingerprint density at radius 2 is 1.75 bits per heavy atom. The first kappa shape index (κ1) is 10.3. The van der Waals surface area contributed by atoms with Gasteiger partial charge in [-0.2, -0.15) is 0 Å². The average molecular weight is 172 g/mol. The molecule has 0 aromatic rings. The van der Waals surface area contributed by atoms with E-state index in [1.165, 1.54) is 0 Å². The van der Waals surface area contributed by atoms with Crippen molar-refractivity contribution in [2.45, 2.75) is 13.3 Å². The highest BCUT2D eigenvalue weighted by molar-refractivity contribution is 6.01. The van der Waals surface area contributed by atoms with Crippen LogP contribution in [-0.4, -0.2) is 27.9 Å². The predicted octanol–water partition coefficient (Wildman–Crippen LogP) is 0.0611. The van der Waals surface area contributed by atoms with E-state index in [0.717, 1.165) is 6.92 Å². The summed E-state index contributed by atoms with van der Waals surface area (Å²) in [5, 5.41) is 16.5. The van der Waals surface area contributed by atoms with E-state index < -0.39 is 24.1 Å². The van der Waals surface area contributed by atoms with Crippen LogP contribution in [0.5, 0.6) is 0 Å². The van der Waals surface area contributed by atoms with Crippen molar-refractivity contribution in [2.75, 3.05) is 0 Å². The zero-order chi connectivity index (χ0) is 9.72. The van der Waals surface area contributed by atoms with Crippen molar-refractivity contribution < 1.29 is 24.6 Å². The van der Waals surface area contributed by atoms with Crippen molar-refractivity contribution in [1.29, 1.82) is 0 Å². The molecule has 0 amide bonds. The zero-order valence-corrected chi connectivity index (χ0v) is 6.40. The van der Waals surface area contributed by atoms with Crippen molar-refractivity contribution in [3.8, 4) is 0 Å². The predicted molar refractivity (Wildman–Crippen MR) is 38.7 cm³/mol. The van der Waals surface area contributed by atoms with Crippen molar-refractivity contribution in [1.82, 2.24) is 0 Å². The lowest BCUT2D eigenvalue weighted by molar-refractivity contribution is -0.136. The third-order valence-corrected chi connectivity index (χ3v) is 1.09. The van der Waals surface area contributed by atoms with E-state index in [-0.39, 0.29) is 5.57 Å². The van der Waals surface area contributed by atoms with Gasteiger partial charge in [0.25, 0.3) is 0 Å². The van der Waals surface area contributed by atoms with Gasteiger partial charge in [-0.15, -0.1) is 0 Å². The van der Waals surface area contributed by atoms with Crippen LogP contribution in [0.3, 0.4) is 0 Å². The van der Waals surface area contributed by atoms with Gasteiger partial charge in [-0.3, -0.25) is 9.59 Å². The molecule has 0 atom stereocenters. The maximum absolute atomic E-state index is 10.6. The van der Waals surface area contributed by atoms with Crippen LogP contribution >= 0.6 is 0 Å². The highest BCUT2D eigenvalue weighted by Gasteiger charge is 2.10. The Labute approximate surface area is 68.3 Å². The average Bonchev–Trinajstić information content (AvgIpc) is 1.83. The molecule has 66 valence electrons.